The molecule has 2 nitrogen and oxygen atoms in total. The zero-order valence-corrected chi connectivity index (χ0v) is 10.8. The Labute approximate surface area is 108 Å². The van der Waals surface area contributed by atoms with Gasteiger partial charge in [0, 0.05) is 5.56 Å². The quantitative estimate of drug-likeness (QED) is 0.889. The zero-order chi connectivity index (χ0) is 13.0. The molecule has 2 aromatic carbocycles. The molecule has 0 saturated carbocycles. The third-order valence-corrected chi connectivity index (χ3v) is 2.87. The van der Waals surface area contributed by atoms with E-state index >= 15 is 0 Å². The largest absolute Gasteiger partial charge is 0.493 e. The average molecular weight is 242 g/mol. The van der Waals surface area contributed by atoms with Gasteiger partial charge < -0.3 is 9.84 Å². The summed E-state index contributed by atoms with van der Waals surface area (Å²) in [4.78, 5) is 0. The summed E-state index contributed by atoms with van der Waals surface area (Å²) in [6.07, 6.45) is -0.646. The van der Waals surface area contributed by atoms with Gasteiger partial charge in [-0.05, 0) is 25.5 Å². The van der Waals surface area contributed by atoms with E-state index in [9.17, 15) is 5.11 Å². The number of hydrogen-bond acceptors (Lipinski definition) is 2. The molecule has 0 amide bonds. The van der Waals surface area contributed by atoms with Crippen LogP contribution in [-0.4, -0.2) is 11.7 Å². The number of ether oxygens (including phenoxy) is 1. The Kier molecular flexibility index (Phi) is 4.00. The number of aryl methyl sites for hydroxylation is 1. The van der Waals surface area contributed by atoms with Gasteiger partial charge in [0.2, 0.25) is 0 Å². The van der Waals surface area contributed by atoms with Crippen LogP contribution in [0.4, 0.5) is 0 Å². The summed E-state index contributed by atoms with van der Waals surface area (Å²) in [5.74, 6) is 0.744. The second kappa shape index (κ2) is 5.69. The van der Waals surface area contributed by atoms with Crippen molar-refractivity contribution in [1.82, 2.24) is 0 Å². The summed E-state index contributed by atoms with van der Waals surface area (Å²) >= 11 is 0. The minimum atomic E-state index is -0.646. The Morgan fingerprint density at radius 2 is 1.89 bits per heavy atom. The summed E-state index contributed by atoms with van der Waals surface area (Å²) in [6.45, 7) is 4.55. The first-order valence-corrected chi connectivity index (χ1v) is 6.18. The maximum Gasteiger partial charge on any atom is 0.125 e. The summed E-state index contributed by atoms with van der Waals surface area (Å²) in [7, 11) is 0. The standard InChI is InChI=1S/C16H18O2/c1-3-18-15-10-5-4-9-14(15)16(17)13-8-6-7-12(2)11-13/h4-11,16-17H,3H2,1-2H3. The van der Waals surface area contributed by atoms with Crippen LogP contribution in [-0.2, 0) is 0 Å². The molecule has 0 aromatic heterocycles. The normalized spacial score (nSPS) is 12.2. The lowest BCUT2D eigenvalue weighted by Crippen LogP contribution is -2.04. The fourth-order valence-corrected chi connectivity index (χ4v) is 2.01. The maximum absolute atomic E-state index is 10.4. The highest BCUT2D eigenvalue weighted by atomic mass is 16.5. The predicted octanol–water partition coefficient (Wildman–Crippen LogP) is 3.48. The lowest BCUT2D eigenvalue weighted by molar-refractivity contribution is 0.212. The first-order valence-electron chi connectivity index (χ1n) is 6.18. The second-order valence-electron chi connectivity index (χ2n) is 4.29. The van der Waals surface area contributed by atoms with Gasteiger partial charge in [0.05, 0.1) is 6.61 Å². The highest BCUT2D eigenvalue weighted by molar-refractivity contribution is 5.40. The van der Waals surface area contributed by atoms with Crippen molar-refractivity contribution in [1.29, 1.82) is 0 Å². The molecule has 2 rings (SSSR count). The molecule has 0 heterocycles. The van der Waals surface area contributed by atoms with Crippen molar-refractivity contribution in [3.05, 3.63) is 65.2 Å². The fourth-order valence-electron chi connectivity index (χ4n) is 2.01. The highest BCUT2D eigenvalue weighted by Crippen LogP contribution is 2.30. The monoisotopic (exact) mass is 242 g/mol. The second-order valence-corrected chi connectivity index (χ2v) is 4.29. The first-order chi connectivity index (χ1) is 8.72. The van der Waals surface area contributed by atoms with Gasteiger partial charge in [0.1, 0.15) is 11.9 Å². The van der Waals surface area contributed by atoms with Gasteiger partial charge in [-0.1, -0.05) is 48.0 Å². The van der Waals surface area contributed by atoms with E-state index in [1.807, 2.05) is 62.4 Å². The molecule has 2 aromatic rings. The minimum Gasteiger partial charge on any atom is -0.493 e. The van der Waals surface area contributed by atoms with E-state index in [-0.39, 0.29) is 0 Å². The molecule has 0 spiro atoms. The number of rotatable bonds is 4. The van der Waals surface area contributed by atoms with Crippen LogP contribution in [0.1, 0.15) is 29.7 Å². The Bertz CT molecular complexity index is 520. The topological polar surface area (TPSA) is 29.5 Å². The number of para-hydroxylation sites is 1. The summed E-state index contributed by atoms with van der Waals surface area (Å²) in [5, 5.41) is 10.4. The Hall–Kier alpha value is -1.80. The molecule has 1 atom stereocenters. The summed E-state index contributed by atoms with van der Waals surface area (Å²) in [6, 6.07) is 15.5. The van der Waals surface area contributed by atoms with Crippen molar-refractivity contribution in [2.45, 2.75) is 20.0 Å². The lowest BCUT2D eigenvalue weighted by atomic mass is 9.99. The number of hydrogen-bond donors (Lipinski definition) is 1. The molecule has 0 radical (unpaired) electrons. The molecular formula is C16H18O2. The van der Waals surface area contributed by atoms with E-state index in [2.05, 4.69) is 0 Å². The highest BCUT2D eigenvalue weighted by Gasteiger charge is 2.14. The van der Waals surface area contributed by atoms with Crippen LogP contribution >= 0.6 is 0 Å². The van der Waals surface area contributed by atoms with E-state index in [0.717, 1.165) is 22.4 Å². The molecule has 2 heteroatoms. The smallest absolute Gasteiger partial charge is 0.125 e. The molecule has 18 heavy (non-hydrogen) atoms. The number of aliphatic hydroxyl groups excluding tert-OH is 1. The van der Waals surface area contributed by atoms with Crippen molar-refractivity contribution >= 4 is 0 Å². The van der Waals surface area contributed by atoms with Crippen molar-refractivity contribution in [3.63, 3.8) is 0 Å². The van der Waals surface area contributed by atoms with Gasteiger partial charge in [-0.15, -0.1) is 0 Å². The SMILES string of the molecule is CCOc1ccccc1C(O)c1cccc(C)c1. The van der Waals surface area contributed by atoms with E-state index in [4.69, 9.17) is 4.74 Å². The zero-order valence-electron chi connectivity index (χ0n) is 10.8. The van der Waals surface area contributed by atoms with Crippen LogP contribution in [0.3, 0.4) is 0 Å². The Morgan fingerprint density at radius 1 is 1.11 bits per heavy atom. The molecule has 0 aliphatic heterocycles. The van der Waals surface area contributed by atoms with Gasteiger partial charge in [-0.2, -0.15) is 0 Å². The fraction of sp³-hybridized carbons (Fsp3) is 0.250. The number of aliphatic hydroxyl groups is 1. The predicted molar refractivity (Wildman–Crippen MR) is 72.9 cm³/mol. The van der Waals surface area contributed by atoms with Crippen LogP contribution in [0.2, 0.25) is 0 Å². The molecule has 0 aliphatic rings. The third kappa shape index (κ3) is 2.71. The van der Waals surface area contributed by atoms with Crippen molar-refractivity contribution in [2.75, 3.05) is 6.61 Å². The van der Waals surface area contributed by atoms with Crippen LogP contribution in [0.25, 0.3) is 0 Å². The molecule has 0 saturated heterocycles. The molecular weight excluding hydrogens is 224 g/mol. The van der Waals surface area contributed by atoms with Gasteiger partial charge >= 0.3 is 0 Å². The van der Waals surface area contributed by atoms with E-state index in [1.54, 1.807) is 0 Å². The van der Waals surface area contributed by atoms with Crippen LogP contribution in [0.15, 0.2) is 48.5 Å². The summed E-state index contributed by atoms with van der Waals surface area (Å²) < 4.78 is 5.55. The molecule has 1 N–H and O–H groups in total. The maximum atomic E-state index is 10.4. The Balaban J connectivity index is 2.36. The molecule has 0 aliphatic carbocycles. The Morgan fingerprint density at radius 3 is 2.61 bits per heavy atom. The van der Waals surface area contributed by atoms with E-state index in [1.165, 1.54) is 0 Å². The minimum absolute atomic E-state index is 0.595. The lowest BCUT2D eigenvalue weighted by Gasteiger charge is -2.16. The van der Waals surface area contributed by atoms with Crippen LogP contribution in [0, 0.1) is 6.92 Å². The molecule has 1 unspecified atom stereocenters. The van der Waals surface area contributed by atoms with Crippen molar-refractivity contribution < 1.29 is 9.84 Å². The van der Waals surface area contributed by atoms with Crippen LogP contribution in [0.5, 0.6) is 5.75 Å². The first kappa shape index (κ1) is 12.7. The van der Waals surface area contributed by atoms with Gasteiger partial charge in [0.25, 0.3) is 0 Å². The van der Waals surface area contributed by atoms with E-state index in [0.29, 0.717) is 6.61 Å². The average Bonchev–Trinajstić information content (AvgIpc) is 2.39. The third-order valence-electron chi connectivity index (χ3n) is 2.87. The van der Waals surface area contributed by atoms with Gasteiger partial charge in [0.15, 0.2) is 0 Å². The molecule has 0 fully saturated rings. The van der Waals surface area contributed by atoms with Gasteiger partial charge in [-0.25, -0.2) is 0 Å². The van der Waals surface area contributed by atoms with Crippen molar-refractivity contribution in [3.8, 4) is 5.75 Å². The van der Waals surface area contributed by atoms with Crippen LogP contribution < -0.4 is 4.74 Å². The summed E-state index contributed by atoms with van der Waals surface area (Å²) in [5.41, 5.74) is 2.84. The van der Waals surface area contributed by atoms with Crippen molar-refractivity contribution in [2.24, 2.45) is 0 Å². The van der Waals surface area contributed by atoms with E-state index < -0.39 is 6.10 Å². The number of benzene rings is 2. The molecule has 0 bridgehead atoms. The molecule has 94 valence electrons. The van der Waals surface area contributed by atoms with Gasteiger partial charge in [-0.3, -0.25) is 0 Å².